The fourth-order valence-corrected chi connectivity index (χ4v) is 2.48. The molecule has 1 aliphatic heterocycles. The first-order chi connectivity index (χ1) is 9.63. The molecule has 20 heavy (non-hydrogen) atoms. The lowest BCUT2D eigenvalue weighted by Crippen LogP contribution is -2.45. The van der Waals surface area contributed by atoms with Crippen LogP contribution in [0.15, 0.2) is 24.3 Å². The first-order valence-electron chi connectivity index (χ1n) is 6.80. The van der Waals surface area contributed by atoms with Crippen LogP contribution < -0.4 is 5.32 Å². The van der Waals surface area contributed by atoms with E-state index in [-0.39, 0.29) is 5.91 Å². The summed E-state index contributed by atoms with van der Waals surface area (Å²) >= 11 is 0. The van der Waals surface area contributed by atoms with Crippen LogP contribution >= 0.6 is 0 Å². The number of ether oxygens (including phenoxy) is 1. The Bertz CT molecular complexity index is 502. The predicted octanol–water partition coefficient (Wildman–Crippen LogP) is 1.84. The molecule has 108 valence electrons. The molecule has 0 spiro atoms. The highest BCUT2D eigenvalue weighted by atomic mass is 16.5. The summed E-state index contributed by atoms with van der Waals surface area (Å²) in [5.74, 6) is -0.115. The molecule has 1 aliphatic rings. The summed E-state index contributed by atoms with van der Waals surface area (Å²) < 4.78 is 4.70. The van der Waals surface area contributed by atoms with E-state index in [4.69, 9.17) is 4.74 Å². The molecule has 1 N–H and O–H groups in total. The Morgan fingerprint density at radius 2 is 2.15 bits per heavy atom. The van der Waals surface area contributed by atoms with Gasteiger partial charge in [-0.25, -0.2) is 4.79 Å². The van der Waals surface area contributed by atoms with Gasteiger partial charge in [-0.15, -0.1) is 0 Å². The lowest BCUT2D eigenvalue weighted by Gasteiger charge is -2.22. The maximum Gasteiger partial charge on any atom is 0.410 e. The first kappa shape index (κ1) is 14.4. The molecule has 1 fully saturated rings. The van der Waals surface area contributed by atoms with Crippen molar-refractivity contribution in [1.82, 2.24) is 10.2 Å². The van der Waals surface area contributed by atoms with Gasteiger partial charge in [0, 0.05) is 13.1 Å². The second kappa shape index (κ2) is 6.41. The minimum atomic E-state index is -0.432. The molecule has 0 aromatic heterocycles. The Morgan fingerprint density at radius 1 is 1.40 bits per heavy atom. The van der Waals surface area contributed by atoms with Crippen molar-refractivity contribution in [2.24, 2.45) is 0 Å². The van der Waals surface area contributed by atoms with Crippen molar-refractivity contribution in [2.75, 3.05) is 13.7 Å². The van der Waals surface area contributed by atoms with E-state index in [9.17, 15) is 9.59 Å². The van der Waals surface area contributed by atoms with E-state index in [1.54, 1.807) is 0 Å². The monoisotopic (exact) mass is 276 g/mol. The van der Waals surface area contributed by atoms with E-state index >= 15 is 0 Å². The quantitative estimate of drug-likeness (QED) is 0.916. The van der Waals surface area contributed by atoms with Gasteiger partial charge in [0.15, 0.2) is 0 Å². The Hall–Kier alpha value is -2.04. The molecule has 1 aromatic carbocycles. The highest BCUT2D eigenvalue weighted by Crippen LogP contribution is 2.18. The van der Waals surface area contributed by atoms with Gasteiger partial charge >= 0.3 is 6.09 Å². The number of nitrogens with one attached hydrogen (secondary N) is 1. The fourth-order valence-electron chi connectivity index (χ4n) is 2.48. The Kier molecular flexibility index (Phi) is 4.61. The number of benzene rings is 1. The molecule has 0 bridgehead atoms. The fraction of sp³-hybridized carbons (Fsp3) is 0.467. The predicted molar refractivity (Wildman–Crippen MR) is 75.2 cm³/mol. The van der Waals surface area contributed by atoms with Crippen LogP contribution in [0.3, 0.4) is 0 Å². The maximum atomic E-state index is 12.2. The van der Waals surface area contributed by atoms with Crippen molar-refractivity contribution in [1.29, 1.82) is 0 Å². The van der Waals surface area contributed by atoms with E-state index in [0.717, 1.165) is 17.5 Å². The minimum Gasteiger partial charge on any atom is -0.453 e. The summed E-state index contributed by atoms with van der Waals surface area (Å²) in [5.41, 5.74) is 2.23. The Labute approximate surface area is 118 Å². The average Bonchev–Trinajstić information content (AvgIpc) is 2.94. The summed E-state index contributed by atoms with van der Waals surface area (Å²) in [6.07, 6.45) is 1.09. The molecule has 1 saturated heterocycles. The molecule has 0 saturated carbocycles. The third kappa shape index (κ3) is 3.10. The molecule has 1 aromatic rings. The van der Waals surface area contributed by atoms with Crippen molar-refractivity contribution in [3.63, 3.8) is 0 Å². The number of likely N-dealkylation sites (tertiary alicyclic amines) is 1. The molecule has 0 radical (unpaired) electrons. The number of hydrogen-bond acceptors (Lipinski definition) is 3. The molecule has 0 aliphatic carbocycles. The molecule has 5 nitrogen and oxygen atoms in total. The topological polar surface area (TPSA) is 58.6 Å². The molecule has 1 heterocycles. The number of methoxy groups -OCH3 is 1. The number of nitrogens with zero attached hydrogens (tertiary/aromatic N) is 1. The Morgan fingerprint density at radius 3 is 2.85 bits per heavy atom. The second-order valence-electron chi connectivity index (χ2n) is 4.97. The third-order valence-corrected chi connectivity index (χ3v) is 3.68. The van der Waals surface area contributed by atoms with Crippen molar-refractivity contribution in [2.45, 2.75) is 32.4 Å². The van der Waals surface area contributed by atoms with Gasteiger partial charge in [-0.2, -0.15) is 0 Å². The number of carbonyl (C=O) groups excluding carboxylic acids is 2. The summed E-state index contributed by atoms with van der Waals surface area (Å²) in [6.45, 7) is 3.07. The van der Waals surface area contributed by atoms with Crippen molar-refractivity contribution in [3.8, 4) is 0 Å². The number of amides is 2. The summed E-state index contributed by atoms with van der Waals surface area (Å²) in [4.78, 5) is 25.3. The van der Waals surface area contributed by atoms with Crippen LogP contribution in [0, 0.1) is 6.92 Å². The van der Waals surface area contributed by atoms with Crippen LogP contribution in [-0.2, 0) is 16.1 Å². The van der Waals surface area contributed by atoms with Crippen LogP contribution in [0.2, 0.25) is 0 Å². The summed E-state index contributed by atoms with van der Waals surface area (Å²) in [6, 6.07) is 7.51. The first-order valence-corrected chi connectivity index (χ1v) is 6.80. The lowest BCUT2D eigenvalue weighted by molar-refractivity contribution is -0.125. The number of hydrogen-bond donors (Lipinski definition) is 1. The standard InChI is InChI=1S/C15H20N2O3/c1-11-6-3-4-7-12(11)10-16-14(18)13-8-5-9-17(13)15(19)20-2/h3-4,6-7,13H,5,8-10H2,1-2H3,(H,16,18). The van der Waals surface area contributed by atoms with E-state index < -0.39 is 12.1 Å². The van der Waals surface area contributed by atoms with Crippen LogP contribution in [0.25, 0.3) is 0 Å². The maximum absolute atomic E-state index is 12.2. The summed E-state index contributed by atoms with van der Waals surface area (Å²) in [5, 5.41) is 2.90. The third-order valence-electron chi connectivity index (χ3n) is 3.68. The normalized spacial score (nSPS) is 17.9. The van der Waals surface area contributed by atoms with Crippen molar-refractivity contribution >= 4 is 12.0 Å². The highest BCUT2D eigenvalue weighted by Gasteiger charge is 2.34. The summed E-state index contributed by atoms with van der Waals surface area (Å²) in [7, 11) is 1.34. The number of carbonyl (C=O) groups is 2. The van der Waals surface area contributed by atoms with Gasteiger partial charge in [0.05, 0.1) is 7.11 Å². The van der Waals surface area contributed by atoms with Crippen LogP contribution in [0.4, 0.5) is 4.79 Å². The van der Waals surface area contributed by atoms with E-state index in [1.807, 2.05) is 31.2 Å². The van der Waals surface area contributed by atoms with Gasteiger partial charge < -0.3 is 10.1 Å². The zero-order valence-corrected chi connectivity index (χ0v) is 11.9. The molecule has 1 unspecified atom stereocenters. The molecule has 1 atom stereocenters. The van der Waals surface area contributed by atoms with Crippen molar-refractivity contribution in [3.05, 3.63) is 35.4 Å². The highest BCUT2D eigenvalue weighted by molar-refractivity contribution is 5.86. The molecular weight excluding hydrogens is 256 g/mol. The van der Waals surface area contributed by atoms with E-state index in [0.29, 0.717) is 19.5 Å². The molecule has 5 heteroatoms. The zero-order valence-electron chi connectivity index (χ0n) is 11.9. The molecule has 2 amide bonds. The smallest absolute Gasteiger partial charge is 0.410 e. The van der Waals surface area contributed by atoms with Crippen LogP contribution in [-0.4, -0.2) is 36.6 Å². The lowest BCUT2D eigenvalue weighted by atomic mass is 10.1. The SMILES string of the molecule is COC(=O)N1CCCC1C(=O)NCc1ccccc1C. The molecular formula is C15H20N2O3. The van der Waals surface area contributed by atoms with Gasteiger partial charge in [0.25, 0.3) is 0 Å². The Balaban J connectivity index is 1.95. The van der Waals surface area contributed by atoms with Gasteiger partial charge in [0.2, 0.25) is 5.91 Å². The van der Waals surface area contributed by atoms with E-state index in [2.05, 4.69) is 5.32 Å². The van der Waals surface area contributed by atoms with Crippen LogP contribution in [0.1, 0.15) is 24.0 Å². The van der Waals surface area contributed by atoms with Gasteiger partial charge in [-0.3, -0.25) is 9.69 Å². The number of rotatable bonds is 3. The average molecular weight is 276 g/mol. The minimum absolute atomic E-state index is 0.115. The van der Waals surface area contributed by atoms with Gasteiger partial charge in [-0.05, 0) is 30.9 Å². The van der Waals surface area contributed by atoms with Crippen molar-refractivity contribution < 1.29 is 14.3 Å². The number of aryl methyl sites for hydroxylation is 1. The largest absolute Gasteiger partial charge is 0.453 e. The van der Waals surface area contributed by atoms with E-state index in [1.165, 1.54) is 12.0 Å². The van der Waals surface area contributed by atoms with Gasteiger partial charge in [0.1, 0.15) is 6.04 Å². The molecule has 2 rings (SSSR count). The zero-order chi connectivity index (χ0) is 14.5. The van der Waals surface area contributed by atoms with Crippen LogP contribution in [0.5, 0.6) is 0 Å². The van der Waals surface area contributed by atoms with Gasteiger partial charge in [-0.1, -0.05) is 24.3 Å². The second-order valence-corrected chi connectivity index (χ2v) is 4.97.